The predicted octanol–water partition coefficient (Wildman–Crippen LogP) is 2.88. The molecule has 1 fully saturated rings. The Bertz CT molecular complexity index is 803. The fourth-order valence-electron chi connectivity index (χ4n) is 3.18. The molecular formula is C20H22N2O3. The number of para-hydroxylation sites is 2. The summed E-state index contributed by atoms with van der Waals surface area (Å²) in [5.41, 5.74) is 2.38. The summed E-state index contributed by atoms with van der Waals surface area (Å²) in [6.45, 7) is 4.65. The first-order valence-electron chi connectivity index (χ1n) is 8.35. The van der Waals surface area contributed by atoms with Gasteiger partial charge in [-0.25, -0.2) is 0 Å². The van der Waals surface area contributed by atoms with Gasteiger partial charge in [0.2, 0.25) is 5.91 Å². The number of amides is 2. The molecule has 25 heavy (non-hydrogen) atoms. The van der Waals surface area contributed by atoms with Crippen molar-refractivity contribution in [1.29, 1.82) is 0 Å². The second-order valence-corrected chi connectivity index (χ2v) is 6.21. The molecule has 0 radical (unpaired) electrons. The van der Waals surface area contributed by atoms with Crippen molar-refractivity contribution in [2.45, 2.75) is 19.9 Å². The molecule has 0 aliphatic carbocycles. The lowest BCUT2D eigenvalue weighted by Gasteiger charge is -2.39. The molecule has 1 saturated heterocycles. The second kappa shape index (κ2) is 6.97. The van der Waals surface area contributed by atoms with E-state index in [0.29, 0.717) is 24.4 Å². The Morgan fingerprint density at radius 2 is 1.88 bits per heavy atom. The predicted molar refractivity (Wildman–Crippen MR) is 97.0 cm³/mol. The normalized spacial score (nSPS) is 17.6. The van der Waals surface area contributed by atoms with E-state index in [1.165, 1.54) is 0 Å². The maximum atomic E-state index is 12.9. The number of hydrogen-bond acceptors (Lipinski definition) is 3. The highest BCUT2D eigenvalue weighted by Gasteiger charge is 2.36. The first-order chi connectivity index (χ1) is 12.0. The number of rotatable bonds is 3. The highest BCUT2D eigenvalue weighted by atomic mass is 16.5. The van der Waals surface area contributed by atoms with Gasteiger partial charge >= 0.3 is 0 Å². The molecule has 1 heterocycles. The quantitative estimate of drug-likeness (QED) is 0.865. The highest BCUT2D eigenvalue weighted by molar-refractivity contribution is 6.04. The van der Waals surface area contributed by atoms with E-state index in [0.717, 1.165) is 11.3 Å². The van der Waals surface area contributed by atoms with E-state index in [2.05, 4.69) is 0 Å². The lowest BCUT2D eigenvalue weighted by molar-refractivity contribution is -0.124. The number of ether oxygens (including phenoxy) is 1. The van der Waals surface area contributed by atoms with Gasteiger partial charge in [-0.1, -0.05) is 29.8 Å². The Kier molecular flexibility index (Phi) is 4.74. The molecule has 0 spiro atoms. The van der Waals surface area contributed by atoms with E-state index in [-0.39, 0.29) is 11.8 Å². The molecule has 0 bridgehead atoms. The Hall–Kier alpha value is -2.82. The van der Waals surface area contributed by atoms with Gasteiger partial charge < -0.3 is 14.5 Å². The largest absolute Gasteiger partial charge is 0.495 e. The Balaban J connectivity index is 1.83. The van der Waals surface area contributed by atoms with Crippen LogP contribution in [0.4, 0.5) is 5.69 Å². The van der Waals surface area contributed by atoms with Crippen molar-refractivity contribution in [1.82, 2.24) is 4.90 Å². The zero-order valence-electron chi connectivity index (χ0n) is 14.7. The average Bonchev–Trinajstić information content (AvgIpc) is 2.63. The molecule has 5 heteroatoms. The summed E-state index contributed by atoms with van der Waals surface area (Å²) in [6, 6.07) is 14.4. The number of anilines is 1. The number of carbonyl (C=O) groups excluding carboxylic acids is 2. The van der Waals surface area contributed by atoms with Crippen molar-refractivity contribution < 1.29 is 14.3 Å². The molecule has 0 N–H and O–H groups in total. The SMILES string of the molecule is COc1ccccc1N1CCN(C(=O)c2cccc(C)c2)C(C)C1=O. The van der Waals surface area contributed by atoms with Crippen LogP contribution in [0, 0.1) is 6.92 Å². The van der Waals surface area contributed by atoms with Gasteiger partial charge in [0.15, 0.2) is 0 Å². The molecule has 1 atom stereocenters. The maximum absolute atomic E-state index is 12.9. The topological polar surface area (TPSA) is 49.9 Å². The molecule has 0 saturated carbocycles. The fraction of sp³-hybridized carbons (Fsp3) is 0.300. The van der Waals surface area contributed by atoms with Crippen molar-refractivity contribution in [3.8, 4) is 5.75 Å². The zero-order valence-corrected chi connectivity index (χ0v) is 14.7. The van der Waals surface area contributed by atoms with Crippen molar-refractivity contribution in [2.24, 2.45) is 0 Å². The standard InChI is InChI=1S/C20H22N2O3/c1-14-7-6-8-16(13-14)20(24)21-11-12-22(19(23)15(21)2)17-9-4-5-10-18(17)25-3/h4-10,13,15H,11-12H2,1-3H3. The molecule has 2 aromatic carbocycles. The molecule has 1 unspecified atom stereocenters. The molecule has 2 aromatic rings. The zero-order chi connectivity index (χ0) is 18.0. The number of carbonyl (C=O) groups is 2. The third kappa shape index (κ3) is 3.22. The van der Waals surface area contributed by atoms with Crippen molar-refractivity contribution >= 4 is 17.5 Å². The monoisotopic (exact) mass is 338 g/mol. The summed E-state index contributed by atoms with van der Waals surface area (Å²) in [4.78, 5) is 29.0. The molecule has 1 aliphatic heterocycles. The number of methoxy groups -OCH3 is 1. The third-order valence-corrected chi connectivity index (χ3v) is 4.56. The van der Waals surface area contributed by atoms with Gasteiger partial charge in [0.05, 0.1) is 12.8 Å². The summed E-state index contributed by atoms with van der Waals surface area (Å²) in [5, 5.41) is 0. The van der Waals surface area contributed by atoms with Crippen LogP contribution in [0.15, 0.2) is 48.5 Å². The number of benzene rings is 2. The first kappa shape index (κ1) is 17.0. The van der Waals surface area contributed by atoms with Crippen molar-refractivity contribution in [3.05, 3.63) is 59.7 Å². The van der Waals surface area contributed by atoms with Gasteiger partial charge in [-0.3, -0.25) is 9.59 Å². The molecule has 5 nitrogen and oxygen atoms in total. The maximum Gasteiger partial charge on any atom is 0.254 e. The van der Waals surface area contributed by atoms with E-state index >= 15 is 0 Å². The number of piperazine rings is 1. The summed E-state index contributed by atoms with van der Waals surface area (Å²) >= 11 is 0. The van der Waals surface area contributed by atoms with Gasteiger partial charge in [0.1, 0.15) is 11.8 Å². The van der Waals surface area contributed by atoms with Gasteiger partial charge in [0.25, 0.3) is 5.91 Å². The van der Waals surface area contributed by atoms with Crippen LogP contribution in [0.3, 0.4) is 0 Å². The smallest absolute Gasteiger partial charge is 0.254 e. The molecular weight excluding hydrogens is 316 g/mol. The van der Waals surface area contributed by atoms with Crippen LogP contribution in [0.2, 0.25) is 0 Å². The highest BCUT2D eigenvalue weighted by Crippen LogP contribution is 2.30. The lowest BCUT2D eigenvalue weighted by atomic mass is 10.1. The van der Waals surface area contributed by atoms with Crippen molar-refractivity contribution in [3.63, 3.8) is 0 Å². The summed E-state index contributed by atoms with van der Waals surface area (Å²) < 4.78 is 5.36. The Morgan fingerprint density at radius 1 is 1.12 bits per heavy atom. The van der Waals surface area contributed by atoms with Crippen LogP contribution >= 0.6 is 0 Å². The number of nitrogens with zero attached hydrogens (tertiary/aromatic N) is 2. The fourth-order valence-corrected chi connectivity index (χ4v) is 3.18. The minimum absolute atomic E-state index is 0.100. The van der Waals surface area contributed by atoms with Gasteiger partial charge in [0, 0.05) is 18.7 Å². The minimum atomic E-state index is -0.522. The molecule has 130 valence electrons. The number of aryl methyl sites for hydroxylation is 1. The van der Waals surface area contributed by atoms with Crippen LogP contribution in [0.25, 0.3) is 0 Å². The van der Waals surface area contributed by atoms with Gasteiger partial charge in [-0.2, -0.15) is 0 Å². The lowest BCUT2D eigenvalue weighted by Crippen LogP contribution is -2.57. The molecule has 2 amide bonds. The van der Waals surface area contributed by atoms with Crippen molar-refractivity contribution in [2.75, 3.05) is 25.1 Å². The van der Waals surface area contributed by atoms with Crippen LogP contribution in [0.1, 0.15) is 22.8 Å². The summed E-state index contributed by atoms with van der Waals surface area (Å²) in [6.07, 6.45) is 0. The van der Waals surface area contributed by atoms with Crippen LogP contribution in [-0.2, 0) is 4.79 Å². The van der Waals surface area contributed by atoms with Crippen LogP contribution in [-0.4, -0.2) is 43.0 Å². The average molecular weight is 338 g/mol. The van der Waals surface area contributed by atoms with Crippen LogP contribution in [0.5, 0.6) is 5.75 Å². The minimum Gasteiger partial charge on any atom is -0.495 e. The van der Waals surface area contributed by atoms with E-state index in [1.54, 1.807) is 29.9 Å². The molecule has 0 aromatic heterocycles. The Morgan fingerprint density at radius 3 is 2.60 bits per heavy atom. The van der Waals surface area contributed by atoms with Crippen LogP contribution < -0.4 is 9.64 Å². The molecule has 1 aliphatic rings. The Labute approximate surface area is 147 Å². The third-order valence-electron chi connectivity index (χ3n) is 4.56. The molecule has 3 rings (SSSR count). The van der Waals surface area contributed by atoms with Gasteiger partial charge in [-0.15, -0.1) is 0 Å². The second-order valence-electron chi connectivity index (χ2n) is 6.21. The van der Waals surface area contributed by atoms with E-state index in [9.17, 15) is 9.59 Å². The summed E-state index contributed by atoms with van der Waals surface area (Å²) in [5.74, 6) is 0.447. The number of hydrogen-bond donors (Lipinski definition) is 0. The van der Waals surface area contributed by atoms with E-state index in [1.807, 2.05) is 49.4 Å². The summed E-state index contributed by atoms with van der Waals surface area (Å²) in [7, 11) is 1.59. The van der Waals surface area contributed by atoms with E-state index in [4.69, 9.17) is 4.74 Å². The first-order valence-corrected chi connectivity index (χ1v) is 8.35. The van der Waals surface area contributed by atoms with E-state index < -0.39 is 6.04 Å². The van der Waals surface area contributed by atoms with Gasteiger partial charge in [-0.05, 0) is 38.1 Å².